The van der Waals surface area contributed by atoms with Crippen LogP contribution < -0.4 is 11.6 Å². The fraction of sp³-hybridized carbons (Fsp3) is 0.429. The van der Waals surface area contributed by atoms with Gasteiger partial charge in [-0.05, 0) is 0 Å². The number of hydrogen-bond donors (Lipinski definition) is 3. The predicted molar refractivity (Wildman–Crippen MR) is 46.2 cm³/mol. The van der Waals surface area contributed by atoms with Crippen molar-refractivity contribution >= 4 is 23.9 Å². The molecule has 0 unspecified atom stereocenters. The Hall–Kier alpha value is -2.00. The van der Waals surface area contributed by atoms with Gasteiger partial charge in [-0.15, -0.1) is 0 Å². The molecule has 16 heavy (non-hydrogen) atoms. The van der Waals surface area contributed by atoms with Crippen molar-refractivity contribution in [2.24, 2.45) is 11.6 Å². The maximum atomic E-state index is 10.9. The topological polar surface area (TPSA) is 159 Å². The van der Waals surface area contributed by atoms with Crippen LogP contribution in [-0.4, -0.2) is 35.0 Å². The molecule has 0 aliphatic heterocycles. The van der Waals surface area contributed by atoms with Crippen molar-refractivity contribution in [2.75, 3.05) is 0 Å². The highest BCUT2D eigenvalue weighted by Crippen LogP contribution is 1.96. The first-order valence-corrected chi connectivity index (χ1v) is 3.98. The Morgan fingerprint density at radius 1 is 1.19 bits per heavy atom. The summed E-state index contributed by atoms with van der Waals surface area (Å²) < 4.78 is 4.06. The summed E-state index contributed by atoms with van der Waals surface area (Å²) in [5.41, 5.74) is 5.08. The van der Waals surface area contributed by atoms with E-state index in [9.17, 15) is 19.2 Å². The van der Waals surface area contributed by atoms with Gasteiger partial charge in [0.25, 0.3) is 0 Å². The van der Waals surface area contributed by atoms with Gasteiger partial charge >= 0.3 is 23.9 Å². The third kappa shape index (κ3) is 5.67. The fourth-order valence-corrected chi connectivity index (χ4v) is 0.655. The summed E-state index contributed by atoms with van der Waals surface area (Å²) in [6.45, 7) is 0. The van der Waals surface area contributed by atoms with Crippen LogP contribution in [0.5, 0.6) is 0 Å². The molecule has 0 aromatic heterocycles. The highest BCUT2D eigenvalue weighted by atomic mass is 16.7. The number of ether oxygens (including phenoxy) is 1. The summed E-state index contributed by atoms with van der Waals surface area (Å²) in [5.74, 6) is -0.442. The molecule has 9 heteroatoms. The zero-order valence-corrected chi connectivity index (χ0v) is 8.04. The SMILES string of the molecule is NOC(=O)CC(=O)OC(=O)[C@@H](N)CC(=O)O. The summed E-state index contributed by atoms with van der Waals surface area (Å²) in [7, 11) is 0. The Labute approximate surface area is 89.2 Å². The highest BCUT2D eigenvalue weighted by molar-refractivity contribution is 5.97. The van der Waals surface area contributed by atoms with E-state index in [-0.39, 0.29) is 0 Å². The van der Waals surface area contributed by atoms with Crippen molar-refractivity contribution in [1.29, 1.82) is 0 Å². The lowest BCUT2D eigenvalue weighted by molar-refractivity contribution is -0.165. The average Bonchev–Trinajstić information content (AvgIpc) is 2.16. The first-order chi connectivity index (χ1) is 7.36. The summed E-state index contributed by atoms with van der Waals surface area (Å²) in [6, 6.07) is -1.48. The van der Waals surface area contributed by atoms with Gasteiger partial charge in [-0.25, -0.2) is 9.59 Å². The van der Waals surface area contributed by atoms with E-state index in [1.165, 1.54) is 0 Å². The number of carbonyl (C=O) groups excluding carboxylic acids is 3. The van der Waals surface area contributed by atoms with Gasteiger partial charge in [0.2, 0.25) is 0 Å². The average molecular weight is 234 g/mol. The second-order valence-corrected chi connectivity index (χ2v) is 2.66. The van der Waals surface area contributed by atoms with Gasteiger partial charge < -0.3 is 20.4 Å². The Morgan fingerprint density at radius 2 is 1.75 bits per heavy atom. The fourth-order valence-electron chi connectivity index (χ4n) is 0.655. The second-order valence-electron chi connectivity index (χ2n) is 2.66. The smallest absolute Gasteiger partial charge is 0.335 e. The van der Waals surface area contributed by atoms with Gasteiger partial charge in [-0.2, -0.15) is 5.90 Å². The van der Waals surface area contributed by atoms with Gasteiger partial charge in [0, 0.05) is 0 Å². The lowest BCUT2D eigenvalue weighted by Gasteiger charge is -2.06. The van der Waals surface area contributed by atoms with E-state index >= 15 is 0 Å². The molecule has 0 amide bonds. The Balaban J connectivity index is 4.09. The van der Waals surface area contributed by atoms with Crippen molar-refractivity contribution < 1.29 is 33.9 Å². The van der Waals surface area contributed by atoms with Crippen LogP contribution in [0.3, 0.4) is 0 Å². The van der Waals surface area contributed by atoms with E-state index < -0.39 is 42.8 Å². The van der Waals surface area contributed by atoms with E-state index in [0.29, 0.717) is 0 Å². The van der Waals surface area contributed by atoms with Crippen LogP contribution in [-0.2, 0) is 28.8 Å². The van der Waals surface area contributed by atoms with Crippen LogP contribution >= 0.6 is 0 Å². The number of esters is 2. The number of nitrogens with two attached hydrogens (primary N) is 2. The van der Waals surface area contributed by atoms with E-state index in [2.05, 4.69) is 15.5 Å². The minimum atomic E-state index is -1.48. The molecule has 0 heterocycles. The van der Waals surface area contributed by atoms with Gasteiger partial charge in [-0.3, -0.25) is 9.59 Å². The summed E-state index contributed by atoms with van der Waals surface area (Å²) in [5, 5.41) is 8.29. The van der Waals surface area contributed by atoms with Crippen molar-refractivity contribution in [2.45, 2.75) is 18.9 Å². The first kappa shape index (κ1) is 14.0. The lowest BCUT2D eigenvalue weighted by Crippen LogP contribution is -2.36. The molecule has 5 N–H and O–H groups in total. The Morgan fingerprint density at radius 3 is 2.19 bits per heavy atom. The van der Waals surface area contributed by atoms with Crippen LogP contribution in [0.4, 0.5) is 0 Å². The Kier molecular flexibility index (Phi) is 5.67. The molecule has 0 saturated heterocycles. The molecule has 0 spiro atoms. The molecular formula is C7H10N2O7. The third-order valence-corrected chi connectivity index (χ3v) is 1.33. The van der Waals surface area contributed by atoms with Crippen LogP contribution in [0, 0.1) is 0 Å². The predicted octanol–water partition coefficient (Wildman–Crippen LogP) is -2.33. The monoisotopic (exact) mass is 234 g/mol. The van der Waals surface area contributed by atoms with Crippen LogP contribution in [0.1, 0.15) is 12.8 Å². The van der Waals surface area contributed by atoms with Crippen molar-refractivity contribution in [3.63, 3.8) is 0 Å². The zero-order chi connectivity index (χ0) is 12.7. The molecule has 0 bridgehead atoms. The lowest BCUT2D eigenvalue weighted by atomic mass is 10.2. The third-order valence-electron chi connectivity index (χ3n) is 1.33. The number of hydrogen-bond acceptors (Lipinski definition) is 8. The van der Waals surface area contributed by atoms with Gasteiger partial charge in [0.1, 0.15) is 12.5 Å². The van der Waals surface area contributed by atoms with Crippen molar-refractivity contribution in [1.82, 2.24) is 0 Å². The number of carboxylic acids is 1. The number of carboxylic acid groups (broad SMARTS) is 1. The van der Waals surface area contributed by atoms with Gasteiger partial charge in [-0.1, -0.05) is 0 Å². The molecular weight excluding hydrogens is 224 g/mol. The molecule has 1 atom stereocenters. The second kappa shape index (κ2) is 6.48. The van der Waals surface area contributed by atoms with E-state index in [1.54, 1.807) is 0 Å². The van der Waals surface area contributed by atoms with Crippen LogP contribution in [0.2, 0.25) is 0 Å². The molecule has 0 rings (SSSR count). The zero-order valence-electron chi connectivity index (χ0n) is 8.04. The van der Waals surface area contributed by atoms with Crippen molar-refractivity contribution in [3.05, 3.63) is 0 Å². The Bertz CT molecular complexity index is 314. The largest absolute Gasteiger partial charge is 0.481 e. The summed E-state index contributed by atoms with van der Waals surface area (Å²) >= 11 is 0. The number of rotatable bonds is 5. The first-order valence-electron chi connectivity index (χ1n) is 3.98. The standard InChI is InChI=1S/C7H10N2O7/c8-3(1-4(10)11)7(14)15-5(12)2-6(13)16-9/h3H,1-2,8-9H2,(H,10,11)/t3-/m0/s1. The molecule has 0 radical (unpaired) electrons. The molecule has 9 nitrogen and oxygen atoms in total. The molecule has 0 aromatic rings. The summed E-state index contributed by atoms with van der Waals surface area (Å²) in [4.78, 5) is 46.0. The normalized spacial score (nSPS) is 11.4. The minimum Gasteiger partial charge on any atom is -0.481 e. The van der Waals surface area contributed by atoms with Gasteiger partial charge in [0.15, 0.2) is 0 Å². The highest BCUT2D eigenvalue weighted by Gasteiger charge is 2.22. The van der Waals surface area contributed by atoms with Crippen LogP contribution in [0.25, 0.3) is 0 Å². The van der Waals surface area contributed by atoms with E-state index in [1.807, 2.05) is 0 Å². The van der Waals surface area contributed by atoms with E-state index in [4.69, 9.17) is 10.8 Å². The number of carbonyl (C=O) groups is 4. The van der Waals surface area contributed by atoms with Crippen molar-refractivity contribution in [3.8, 4) is 0 Å². The molecule has 0 aliphatic carbocycles. The minimum absolute atomic E-state index is 0.687. The quantitative estimate of drug-likeness (QED) is 0.269. The number of aliphatic carboxylic acids is 1. The maximum Gasteiger partial charge on any atom is 0.335 e. The molecule has 0 saturated carbocycles. The molecule has 0 fully saturated rings. The molecule has 90 valence electrons. The molecule has 0 aliphatic rings. The van der Waals surface area contributed by atoms with E-state index in [0.717, 1.165) is 0 Å². The maximum absolute atomic E-state index is 10.9. The van der Waals surface area contributed by atoms with Gasteiger partial charge in [0.05, 0.1) is 6.42 Å². The summed E-state index contributed by atoms with van der Waals surface area (Å²) in [6.07, 6.45) is -1.55. The van der Waals surface area contributed by atoms with Crippen LogP contribution in [0.15, 0.2) is 0 Å². The molecule has 0 aromatic carbocycles.